The molecule has 16 heavy (non-hydrogen) atoms. The summed E-state index contributed by atoms with van der Waals surface area (Å²) in [4.78, 5) is 0. The molecular weight excluding hydrogens is 201 g/mol. The topological polar surface area (TPSA) is 12.0 Å². The molecule has 0 fully saturated rings. The molecule has 0 heterocycles. The lowest BCUT2D eigenvalue weighted by molar-refractivity contribution is 0.427. The zero-order valence-electron chi connectivity index (χ0n) is 10.9. The summed E-state index contributed by atoms with van der Waals surface area (Å²) < 4.78 is 13.7. The number of benzene rings is 1. The van der Waals surface area contributed by atoms with Crippen molar-refractivity contribution in [1.29, 1.82) is 0 Å². The first kappa shape index (κ1) is 13.2. The number of nitrogens with one attached hydrogen (secondary N) is 1. The number of hydrogen-bond acceptors (Lipinski definition) is 1. The van der Waals surface area contributed by atoms with Crippen LogP contribution in [0.3, 0.4) is 0 Å². The molecule has 1 aromatic rings. The van der Waals surface area contributed by atoms with Crippen LogP contribution in [0.2, 0.25) is 0 Å². The van der Waals surface area contributed by atoms with Crippen LogP contribution in [0, 0.1) is 19.7 Å². The third-order valence-electron chi connectivity index (χ3n) is 2.59. The molecule has 0 aliphatic carbocycles. The predicted octanol–water partition coefficient (Wildman–Crippen LogP) is 3.37. The fraction of sp³-hybridized carbons (Fsp3) is 0.571. The maximum atomic E-state index is 13.7. The van der Waals surface area contributed by atoms with Gasteiger partial charge in [-0.05, 0) is 70.3 Å². The Morgan fingerprint density at radius 1 is 1.19 bits per heavy atom. The second-order valence-electron chi connectivity index (χ2n) is 5.47. The van der Waals surface area contributed by atoms with E-state index in [1.807, 2.05) is 19.9 Å². The van der Waals surface area contributed by atoms with Crippen LogP contribution in [0.4, 0.5) is 4.39 Å². The number of hydrogen-bond donors (Lipinski definition) is 1. The molecular formula is C14H22FN. The molecule has 0 aromatic heterocycles. The van der Waals surface area contributed by atoms with Crippen LogP contribution in [-0.4, -0.2) is 12.1 Å². The van der Waals surface area contributed by atoms with E-state index in [-0.39, 0.29) is 11.4 Å². The maximum Gasteiger partial charge on any atom is 0.126 e. The van der Waals surface area contributed by atoms with Gasteiger partial charge in [0.1, 0.15) is 5.82 Å². The lowest BCUT2D eigenvalue weighted by Gasteiger charge is -2.21. The van der Waals surface area contributed by atoms with Crippen molar-refractivity contribution in [2.75, 3.05) is 6.54 Å². The first-order valence-electron chi connectivity index (χ1n) is 5.80. The minimum absolute atomic E-state index is 0.0757. The molecule has 0 amide bonds. The highest BCUT2D eigenvalue weighted by Gasteiger charge is 2.10. The van der Waals surface area contributed by atoms with Crippen LogP contribution in [0.25, 0.3) is 0 Å². The first-order valence-corrected chi connectivity index (χ1v) is 5.80. The molecule has 0 saturated carbocycles. The molecule has 0 bridgehead atoms. The van der Waals surface area contributed by atoms with Gasteiger partial charge in [0.05, 0.1) is 0 Å². The highest BCUT2D eigenvalue weighted by Crippen LogP contribution is 2.16. The van der Waals surface area contributed by atoms with Crippen LogP contribution in [0.5, 0.6) is 0 Å². The molecule has 1 aromatic carbocycles. The monoisotopic (exact) mass is 223 g/mol. The normalized spacial score (nSPS) is 11.9. The third kappa shape index (κ3) is 3.93. The SMILES string of the molecule is Cc1cc(C)c(CCNC(C)(C)C)c(F)c1. The molecule has 0 aliphatic heterocycles. The summed E-state index contributed by atoms with van der Waals surface area (Å²) in [6.45, 7) is 11.1. The van der Waals surface area contributed by atoms with E-state index in [9.17, 15) is 4.39 Å². The molecule has 1 nitrogen and oxygen atoms in total. The zero-order chi connectivity index (χ0) is 12.3. The van der Waals surface area contributed by atoms with Crippen LogP contribution in [0.15, 0.2) is 12.1 Å². The Labute approximate surface area is 98.1 Å². The van der Waals surface area contributed by atoms with Crippen molar-refractivity contribution in [1.82, 2.24) is 5.32 Å². The van der Waals surface area contributed by atoms with E-state index >= 15 is 0 Å². The van der Waals surface area contributed by atoms with Crippen molar-refractivity contribution < 1.29 is 4.39 Å². The minimum Gasteiger partial charge on any atom is -0.312 e. The quantitative estimate of drug-likeness (QED) is 0.828. The van der Waals surface area contributed by atoms with Crippen molar-refractivity contribution in [2.45, 2.75) is 46.6 Å². The summed E-state index contributed by atoms with van der Waals surface area (Å²) in [5, 5.41) is 3.37. The van der Waals surface area contributed by atoms with Crippen molar-refractivity contribution in [2.24, 2.45) is 0 Å². The highest BCUT2D eigenvalue weighted by atomic mass is 19.1. The Morgan fingerprint density at radius 2 is 1.81 bits per heavy atom. The van der Waals surface area contributed by atoms with E-state index in [0.717, 1.165) is 29.7 Å². The number of halogens is 1. The van der Waals surface area contributed by atoms with Crippen LogP contribution in [-0.2, 0) is 6.42 Å². The Morgan fingerprint density at radius 3 is 2.31 bits per heavy atom. The smallest absolute Gasteiger partial charge is 0.126 e. The Bertz CT molecular complexity index is 340. The summed E-state index contributed by atoms with van der Waals surface area (Å²) in [5.41, 5.74) is 2.97. The van der Waals surface area contributed by atoms with Gasteiger partial charge in [-0.2, -0.15) is 0 Å². The summed E-state index contributed by atoms with van der Waals surface area (Å²) in [6.07, 6.45) is 0.745. The molecule has 2 heteroatoms. The fourth-order valence-corrected chi connectivity index (χ4v) is 1.82. The van der Waals surface area contributed by atoms with Crippen molar-refractivity contribution in [3.63, 3.8) is 0 Å². The Balaban J connectivity index is 2.68. The second kappa shape index (κ2) is 4.96. The van der Waals surface area contributed by atoms with Crippen molar-refractivity contribution >= 4 is 0 Å². The largest absolute Gasteiger partial charge is 0.312 e. The number of aryl methyl sites for hydroxylation is 2. The zero-order valence-corrected chi connectivity index (χ0v) is 10.9. The lowest BCUT2D eigenvalue weighted by atomic mass is 10.0. The maximum absolute atomic E-state index is 13.7. The molecule has 0 radical (unpaired) electrons. The van der Waals surface area contributed by atoms with E-state index in [1.165, 1.54) is 0 Å². The van der Waals surface area contributed by atoms with Gasteiger partial charge in [-0.25, -0.2) is 4.39 Å². The van der Waals surface area contributed by atoms with Gasteiger partial charge in [0, 0.05) is 5.54 Å². The standard InChI is InChI=1S/C14H22FN/c1-10-8-11(2)12(13(15)9-10)6-7-16-14(3,4)5/h8-9,16H,6-7H2,1-5H3. The van der Waals surface area contributed by atoms with Gasteiger partial charge in [0.2, 0.25) is 0 Å². The molecule has 0 spiro atoms. The molecule has 1 N–H and O–H groups in total. The molecule has 0 unspecified atom stereocenters. The van der Waals surface area contributed by atoms with Crippen molar-refractivity contribution in [3.8, 4) is 0 Å². The van der Waals surface area contributed by atoms with Gasteiger partial charge < -0.3 is 5.32 Å². The van der Waals surface area contributed by atoms with Gasteiger partial charge >= 0.3 is 0 Å². The van der Waals surface area contributed by atoms with E-state index in [1.54, 1.807) is 6.07 Å². The fourth-order valence-electron chi connectivity index (χ4n) is 1.82. The summed E-state index contributed by atoms with van der Waals surface area (Å²) in [5.74, 6) is -0.0757. The third-order valence-corrected chi connectivity index (χ3v) is 2.59. The van der Waals surface area contributed by atoms with Gasteiger partial charge in [-0.3, -0.25) is 0 Å². The lowest BCUT2D eigenvalue weighted by Crippen LogP contribution is -2.37. The molecule has 0 saturated heterocycles. The minimum atomic E-state index is -0.0757. The van der Waals surface area contributed by atoms with E-state index < -0.39 is 0 Å². The van der Waals surface area contributed by atoms with E-state index in [0.29, 0.717) is 0 Å². The average molecular weight is 223 g/mol. The average Bonchev–Trinajstić information content (AvgIpc) is 2.07. The first-order chi connectivity index (χ1) is 7.29. The van der Waals surface area contributed by atoms with Crippen LogP contribution in [0.1, 0.15) is 37.5 Å². The van der Waals surface area contributed by atoms with Gasteiger partial charge in [0.15, 0.2) is 0 Å². The predicted molar refractivity (Wildman–Crippen MR) is 67.3 cm³/mol. The molecule has 90 valence electrons. The van der Waals surface area contributed by atoms with Gasteiger partial charge in [0.25, 0.3) is 0 Å². The Hall–Kier alpha value is -0.890. The molecule has 0 aliphatic rings. The second-order valence-corrected chi connectivity index (χ2v) is 5.47. The summed E-state index contributed by atoms with van der Waals surface area (Å²) in [7, 11) is 0. The Kier molecular flexibility index (Phi) is 4.09. The van der Waals surface area contributed by atoms with Crippen LogP contribution < -0.4 is 5.32 Å². The van der Waals surface area contributed by atoms with Crippen LogP contribution >= 0.6 is 0 Å². The molecule has 1 rings (SSSR count). The van der Waals surface area contributed by atoms with Gasteiger partial charge in [-0.15, -0.1) is 0 Å². The van der Waals surface area contributed by atoms with E-state index in [2.05, 4.69) is 26.1 Å². The molecule has 0 atom stereocenters. The summed E-state index contributed by atoms with van der Waals surface area (Å²) in [6, 6.07) is 3.65. The highest BCUT2D eigenvalue weighted by molar-refractivity contribution is 5.32. The van der Waals surface area contributed by atoms with E-state index in [4.69, 9.17) is 0 Å². The number of rotatable bonds is 3. The summed E-state index contributed by atoms with van der Waals surface area (Å²) >= 11 is 0. The van der Waals surface area contributed by atoms with Crippen molar-refractivity contribution in [3.05, 3.63) is 34.6 Å². The van der Waals surface area contributed by atoms with Gasteiger partial charge in [-0.1, -0.05) is 6.07 Å².